The average molecular weight is 1090 g/mol. The number of ether oxygens (including phenoxy) is 4. The second-order valence-electron chi connectivity index (χ2n) is 20.6. The molecule has 1 heterocycles. The van der Waals surface area contributed by atoms with Gasteiger partial charge in [0.15, 0.2) is 6.29 Å². The van der Waals surface area contributed by atoms with E-state index in [0.717, 1.165) is 83.5 Å². The van der Waals surface area contributed by atoms with Crippen molar-refractivity contribution in [1.82, 2.24) is 0 Å². The Morgan fingerprint density at radius 1 is 0.513 bits per heavy atom. The molecule has 440 valence electrons. The first kappa shape index (κ1) is 71.3. The van der Waals surface area contributed by atoms with E-state index in [2.05, 4.69) is 103 Å². The highest BCUT2D eigenvalue weighted by molar-refractivity contribution is 7.80. The molecule has 1 fully saturated rings. The predicted molar refractivity (Wildman–Crippen MR) is 312 cm³/mol. The Hall–Kier alpha value is -2.72. The van der Waals surface area contributed by atoms with Crippen LogP contribution in [0.1, 0.15) is 245 Å². The minimum atomic E-state index is -5.08. The monoisotopic (exact) mass is 1090 g/mol. The third-order valence-corrected chi connectivity index (χ3v) is 14.0. The second-order valence-corrected chi connectivity index (χ2v) is 21.6. The molecule has 12 nitrogen and oxygen atoms in total. The molecule has 6 unspecified atom stereocenters. The molecular weight excluding hydrogens is 981 g/mol. The largest absolute Gasteiger partial charge is 0.457 e. The van der Waals surface area contributed by atoms with Gasteiger partial charge in [0, 0.05) is 13.0 Å². The second kappa shape index (κ2) is 53.0. The van der Waals surface area contributed by atoms with Crippen molar-refractivity contribution < 1.29 is 56.2 Å². The number of allylic oxidation sites excluding steroid dienone is 14. The molecule has 4 N–H and O–H groups in total. The summed E-state index contributed by atoms with van der Waals surface area (Å²) in [5.41, 5.74) is 0. The van der Waals surface area contributed by atoms with Crippen molar-refractivity contribution >= 4 is 16.4 Å². The summed E-state index contributed by atoms with van der Waals surface area (Å²) in [5, 5.41) is 30.9. The van der Waals surface area contributed by atoms with Gasteiger partial charge in [-0.15, -0.1) is 0 Å². The van der Waals surface area contributed by atoms with Crippen molar-refractivity contribution in [1.29, 1.82) is 0 Å². The van der Waals surface area contributed by atoms with Crippen LogP contribution in [-0.2, 0) is 38.3 Å². The third kappa shape index (κ3) is 45.2. The molecule has 0 amide bonds. The summed E-state index contributed by atoms with van der Waals surface area (Å²) in [4.78, 5) is 13.0. The van der Waals surface area contributed by atoms with Gasteiger partial charge in [-0.05, 0) is 70.6 Å². The maximum Gasteiger partial charge on any atom is 0.397 e. The lowest BCUT2D eigenvalue weighted by atomic mass is 9.99. The van der Waals surface area contributed by atoms with Gasteiger partial charge in [0.05, 0.1) is 19.8 Å². The van der Waals surface area contributed by atoms with Crippen LogP contribution in [0.5, 0.6) is 0 Å². The fraction of sp³-hybridized carbons (Fsp3) is 0.762. The van der Waals surface area contributed by atoms with Crippen LogP contribution in [0.4, 0.5) is 0 Å². The molecule has 1 aliphatic rings. The third-order valence-electron chi connectivity index (χ3n) is 13.5. The molecular formula is C63H110O12S. The van der Waals surface area contributed by atoms with Gasteiger partial charge < -0.3 is 34.3 Å². The standard InChI is InChI=1S/C63H110O12S/c1-3-5-7-9-11-13-15-17-19-21-23-25-27-29-30-32-34-36-38-40-42-44-46-48-50-52-59(65)73-57(56-72-63-61(67)62(75-76(68,69)70)60(66)58(54-64)74-63)55-71-53-51-49-47-45-43-41-39-37-35-33-31-28-26-24-22-20-18-16-14-12-10-8-6-4-2/h6,8,12,14,18,20,24,26,31,33,37,39,43,45,57-58,60-64,66-67H,3-5,7,9-11,13,15-17,19,21-23,25,27-30,32,34-36,38,40-42,44,46-56H2,1-2H3,(H,68,69,70)/b8-6-,14-12-,20-18-,26-24-,33-31-,39-37-,45-43-. The van der Waals surface area contributed by atoms with Crippen LogP contribution in [0.3, 0.4) is 0 Å². The molecule has 1 saturated heterocycles. The van der Waals surface area contributed by atoms with Crippen LogP contribution in [0, 0.1) is 0 Å². The summed E-state index contributed by atoms with van der Waals surface area (Å²) in [6.45, 7) is 3.80. The Labute approximate surface area is 463 Å². The SMILES string of the molecule is CC/C=C\C/C=C\C/C=C\C/C=C\C/C=C\C/C=C\C/C=C\CCCCOCC(COC1OC(CO)C(O)C(OS(=O)(=O)O)C1O)OC(=O)CCCCCCCCCCCCCCCCCCCCCCCCCCC. The van der Waals surface area contributed by atoms with E-state index in [1.54, 1.807) is 0 Å². The molecule has 13 heteroatoms. The fourth-order valence-electron chi connectivity index (χ4n) is 9.01. The van der Waals surface area contributed by atoms with E-state index in [9.17, 15) is 33.1 Å². The van der Waals surface area contributed by atoms with Gasteiger partial charge in [-0.2, -0.15) is 8.42 Å². The normalized spacial score (nSPS) is 19.2. The molecule has 0 saturated carbocycles. The molecule has 76 heavy (non-hydrogen) atoms. The van der Waals surface area contributed by atoms with Crippen LogP contribution in [0.15, 0.2) is 85.1 Å². The van der Waals surface area contributed by atoms with Gasteiger partial charge in [-0.1, -0.05) is 253 Å². The van der Waals surface area contributed by atoms with Gasteiger partial charge >= 0.3 is 16.4 Å². The topological polar surface area (TPSA) is 178 Å². The number of rotatable bonds is 53. The lowest BCUT2D eigenvalue weighted by Gasteiger charge is -2.41. The van der Waals surface area contributed by atoms with Crippen molar-refractivity contribution in [2.24, 2.45) is 0 Å². The molecule has 6 atom stereocenters. The quantitative estimate of drug-likeness (QED) is 0.0196. The molecule has 1 aliphatic heterocycles. The highest BCUT2D eigenvalue weighted by Crippen LogP contribution is 2.26. The number of hydrogen-bond acceptors (Lipinski definition) is 11. The number of aliphatic hydroxyl groups excluding tert-OH is 3. The van der Waals surface area contributed by atoms with Crippen molar-refractivity contribution in [2.45, 2.75) is 282 Å². The van der Waals surface area contributed by atoms with Gasteiger partial charge in [0.1, 0.15) is 30.5 Å². The molecule has 0 aliphatic carbocycles. The minimum Gasteiger partial charge on any atom is -0.457 e. The summed E-state index contributed by atoms with van der Waals surface area (Å²) in [6.07, 6.45) is 63.5. The van der Waals surface area contributed by atoms with E-state index in [1.807, 2.05) is 0 Å². The van der Waals surface area contributed by atoms with Gasteiger partial charge in [-0.25, -0.2) is 4.18 Å². The molecule has 0 aromatic rings. The van der Waals surface area contributed by atoms with Crippen LogP contribution < -0.4 is 0 Å². The Kier molecular flexibility index (Phi) is 49.7. The van der Waals surface area contributed by atoms with Crippen molar-refractivity contribution in [3.8, 4) is 0 Å². The molecule has 0 aromatic carbocycles. The van der Waals surface area contributed by atoms with E-state index < -0.39 is 59.8 Å². The molecule has 0 spiro atoms. The van der Waals surface area contributed by atoms with E-state index >= 15 is 0 Å². The van der Waals surface area contributed by atoms with Crippen molar-refractivity contribution in [3.05, 3.63) is 85.1 Å². The first-order valence-corrected chi connectivity index (χ1v) is 31.7. The van der Waals surface area contributed by atoms with Gasteiger partial charge in [-0.3, -0.25) is 9.35 Å². The Bertz CT molecular complexity index is 1640. The van der Waals surface area contributed by atoms with E-state index in [0.29, 0.717) is 13.0 Å². The zero-order valence-electron chi connectivity index (χ0n) is 47.8. The minimum absolute atomic E-state index is 0.00353. The number of carbonyl (C=O) groups excluding carboxylic acids is 1. The van der Waals surface area contributed by atoms with E-state index in [1.165, 1.54) is 135 Å². The number of esters is 1. The fourth-order valence-corrected chi connectivity index (χ4v) is 9.52. The zero-order valence-corrected chi connectivity index (χ0v) is 48.6. The first-order valence-electron chi connectivity index (χ1n) is 30.3. The number of hydrogen-bond donors (Lipinski definition) is 4. The maximum atomic E-state index is 13.0. The highest BCUT2D eigenvalue weighted by Gasteiger charge is 2.48. The molecule has 0 radical (unpaired) electrons. The summed E-state index contributed by atoms with van der Waals surface area (Å²) in [6, 6.07) is 0. The molecule has 0 aromatic heterocycles. The lowest BCUT2D eigenvalue weighted by molar-refractivity contribution is -0.301. The van der Waals surface area contributed by atoms with Crippen LogP contribution in [0.25, 0.3) is 0 Å². The van der Waals surface area contributed by atoms with E-state index in [-0.39, 0.29) is 19.6 Å². The van der Waals surface area contributed by atoms with Gasteiger partial charge in [0.2, 0.25) is 0 Å². The summed E-state index contributed by atoms with van der Waals surface area (Å²) in [5.74, 6) is -0.412. The van der Waals surface area contributed by atoms with E-state index in [4.69, 9.17) is 18.9 Å². The predicted octanol–water partition coefficient (Wildman–Crippen LogP) is 15.5. The lowest BCUT2D eigenvalue weighted by Crippen LogP contribution is -2.60. The number of carbonyl (C=O) groups is 1. The van der Waals surface area contributed by atoms with Crippen molar-refractivity contribution in [2.75, 3.05) is 26.4 Å². The Balaban J connectivity index is 2.31. The highest BCUT2D eigenvalue weighted by atomic mass is 32.3. The summed E-state index contributed by atoms with van der Waals surface area (Å²) >= 11 is 0. The summed E-state index contributed by atoms with van der Waals surface area (Å²) in [7, 11) is -5.08. The smallest absolute Gasteiger partial charge is 0.397 e. The number of aliphatic hydroxyl groups is 3. The maximum absolute atomic E-state index is 13.0. The Morgan fingerprint density at radius 3 is 1.30 bits per heavy atom. The average Bonchev–Trinajstić information content (AvgIpc) is 3.40. The Morgan fingerprint density at radius 2 is 0.908 bits per heavy atom. The van der Waals surface area contributed by atoms with Gasteiger partial charge in [0.25, 0.3) is 0 Å². The van der Waals surface area contributed by atoms with Crippen LogP contribution in [0.2, 0.25) is 0 Å². The first-order chi connectivity index (χ1) is 37.1. The zero-order chi connectivity index (χ0) is 55.3. The summed E-state index contributed by atoms with van der Waals surface area (Å²) < 4.78 is 59.4. The molecule has 1 rings (SSSR count). The number of unbranched alkanes of at least 4 members (excludes halogenated alkanes) is 26. The van der Waals surface area contributed by atoms with Crippen LogP contribution >= 0.6 is 0 Å². The van der Waals surface area contributed by atoms with Crippen molar-refractivity contribution in [3.63, 3.8) is 0 Å². The molecule has 0 bridgehead atoms. The van der Waals surface area contributed by atoms with Crippen LogP contribution in [-0.4, -0.2) is 97.5 Å².